The molecular formula is C33H34ClN5O2. The van der Waals surface area contributed by atoms with E-state index in [9.17, 15) is 9.59 Å². The molecule has 0 aliphatic carbocycles. The van der Waals surface area contributed by atoms with Crippen molar-refractivity contribution in [2.75, 3.05) is 44.2 Å². The van der Waals surface area contributed by atoms with Crippen molar-refractivity contribution in [2.45, 2.75) is 19.8 Å². The molecule has 1 fully saturated rings. The van der Waals surface area contributed by atoms with Crippen LogP contribution in [0.1, 0.15) is 30.1 Å². The van der Waals surface area contributed by atoms with Gasteiger partial charge >= 0.3 is 0 Å². The molecule has 5 rings (SSSR count). The van der Waals surface area contributed by atoms with Gasteiger partial charge in [-0.05, 0) is 41.8 Å². The quantitative estimate of drug-likeness (QED) is 0.246. The van der Waals surface area contributed by atoms with Crippen molar-refractivity contribution in [2.24, 2.45) is 0 Å². The summed E-state index contributed by atoms with van der Waals surface area (Å²) in [4.78, 5) is 32.0. The molecule has 0 saturated carbocycles. The van der Waals surface area contributed by atoms with Crippen LogP contribution >= 0.6 is 11.6 Å². The average molecular weight is 568 g/mol. The molecule has 0 bridgehead atoms. The van der Waals surface area contributed by atoms with Crippen LogP contribution in [0.3, 0.4) is 0 Å². The number of aromatic nitrogens is 2. The monoisotopic (exact) mass is 567 g/mol. The van der Waals surface area contributed by atoms with E-state index in [0.717, 1.165) is 35.5 Å². The van der Waals surface area contributed by atoms with E-state index >= 15 is 0 Å². The minimum Gasteiger partial charge on any atom is -0.352 e. The van der Waals surface area contributed by atoms with Crippen LogP contribution in [0.15, 0.2) is 91.0 Å². The minimum absolute atomic E-state index is 0.0433. The first-order chi connectivity index (χ1) is 20.0. The van der Waals surface area contributed by atoms with Crippen molar-refractivity contribution in [3.05, 3.63) is 102 Å². The molecule has 1 aliphatic rings. The van der Waals surface area contributed by atoms with Gasteiger partial charge in [-0.2, -0.15) is 0 Å². The predicted octanol–water partition coefficient (Wildman–Crippen LogP) is 6.06. The lowest BCUT2D eigenvalue weighted by molar-refractivity contribution is -0.132. The second-order valence-electron chi connectivity index (χ2n) is 10.1. The molecule has 210 valence electrons. The normalized spacial score (nSPS) is 13.2. The number of piperazine rings is 1. The number of anilines is 1. The molecule has 1 aromatic heterocycles. The van der Waals surface area contributed by atoms with Crippen molar-refractivity contribution in [3.63, 3.8) is 0 Å². The minimum atomic E-state index is -0.207. The summed E-state index contributed by atoms with van der Waals surface area (Å²) in [6, 6.07) is 29.6. The van der Waals surface area contributed by atoms with Gasteiger partial charge in [0.25, 0.3) is 5.91 Å². The van der Waals surface area contributed by atoms with E-state index in [1.807, 2.05) is 35.2 Å². The number of hydrogen-bond donors (Lipinski definition) is 0. The van der Waals surface area contributed by atoms with Gasteiger partial charge in [0.05, 0.1) is 16.3 Å². The number of benzene rings is 3. The summed E-state index contributed by atoms with van der Waals surface area (Å²) < 4.78 is 0. The second-order valence-corrected chi connectivity index (χ2v) is 10.6. The summed E-state index contributed by atoms with van der Waals surface area (Å²) in [7, 11) is 0. The van der Waals surface area contributed by atoms with Gasteiger partial charge in [-0.15, -0.1) is 10.2 Å². The SMILES string of the molecule is CCCCN(CC(=O)N1CCN(c2ccc(-c3ccc(-c4ccccc4)cc3)nn2)CC1)C(=O)c1ccccc1Cl. The maximum absolute atomic E-state index is 13.2. The van der Waals surface area contributed by atoms with Crippen LogP contribution in [-0.2, 0) is 4.79 Å². The van der Waals surface area contributed by atoms with Crippen LogP contribution in [0.2, 0.25) is 5.02 Å². The highest BCUT2D eigenvalue weighted by atomic mass is 35.5. The highest BCUT2D eigenvalue weighted by Crippen LogP contribution is 2.25. The van der Waals surface area contributed by atoms with E-state index in [0.29, 0.717) is 43.3 Å². The van der Waals surface area contributed by atoms with Crippen molar-refractivity contribution < 1.29 is 9.59 Å². The lowest BCUT2D eigenvalue weighted by atomic mass is 10.0. The van der Waals surface area contributed by atoms with Gasteiger partial charge < -0.3 is 14.7 Å². The molecule has 2 amide bonds. The molecule has 3 aromatic carbocycles. The Morgan fingerprint density at radius 2 is 1.44 bits per heavy atom. The number of unbranched alkanes of at least 4 members (excludes halogenated alkanes) is 1. The zero-order valence-electron chi connectivity index (χ0n) is 23.2. The molecule has 4 aromatic rings. The third kappa shape index (κ3) is 6.92. The van der Waals surface area contributed by atoms with E-state index < -0.39 is 0 Å². The third-order valence-electron chi connectivity index (χ3n) is 7.39. The van der Waals surface area contributed by atoms with Gasteiger partial charge in [-0.1, -0.05) is 91.7 Å². The van der Waals surface area contributed by atoms with Gasteiger partial charge in [0.15, 0.2) is 5.82 Å². The Morgan fingerprint density at radius 3 is 2.10 bits per heavy atom. The molecular weight excluding hydrogens is 534 g/mol. The fourth-order valence-electron chi connectivity index (χ4n) is 4.97. The highest BCUT2D eigenvalue weighted by Gasteiger charge is 2.26. The molecule has 0 spiro atoms. The Bertz CT molecular complexity index is 1450. The standard InChI is InChI=1S/C33H34ClN5O2/c1-2-3-19-39(33(41)28-11-7-8-12-29(28)34)24-32(40)38-22-20-37(21-23-38)31-18-17-30(35-36-31)27-15-13-26(14-16-27)25-9-5-4-6-10-25/h4-18H,2-3,19-24H2,1H3. The molecule has 0 radical (unpaired) electrons. The van der Waals surface area contributed by atoms with E-state index in [-0.39, 0.29) is 18.4 Å². The van der Waals surface area contributed by atoms with Crippen molar-refractivity contribution >= 4 is 29.2 Å². The van der Waals surface area contributed by atoms with Gasteiger partial charge in [0, 0.05) is 38.3 Å². The van der Waals surface area contributed by atoms with E-state index in [2.05, 4.69) is 58.4 Å². The average Bonchev–Trinajstić information content (AvgIpc) is 3.03. The summed E-state index contributed by atoms with van der Waals surface area (Å²) >= 11 is 6.27. The number of nitrogens with zero attached hydrogens (tertiary/aromatic N) is 5. The Labute approximate surface area is 246 Å². The topological polar surface area (TPSA) is 69.6 Å². The Kier molecular flexibility index (Phi) is 9.26. The first-order valence-corrected chi connectivity index (χ1v) is 14.5. The summed E-state index contributed by atoms with van der Waals surface area (Å²) in [5.74, 6) is 0.530. The van der Waals surface area contributed by atoms with Crippen molar-refractivity contribution in [1.82, 2.24) is 20.0 Å². The van der Waals surface area contributed by atoms with Gasteiger partial charge in [-0.3, -0.25) is 9.59 Å². The lowest BCUT2D eigenvalue weighted by Crippen LogP contribution is -2.52. The molecule has 41 heavy (non-hydrogen) atoms. The van der Waals surface area contributed by atoms with Crippen LogP contribution in [0, 0.1) is 0 Å². The molecule has 8 heteroatoms. The summed E-state index contributed by atoms with van der Waals surface area (Å²) in [5, 5.41) is 9.36. The molecule has 0 N–H and O–H groups in total. The van der Waals surface area contributed by atoms with Gasteiger partial charge in [0.2, 0.25) is 5.91 Å². The van der Waals surface area contributed by atoms with Gasteiger partial charge in [0.1, 0.15) is 6.54 Å². The largest absolute Gasteiger partial charge is 0.352 e. The van der Waals surface area contributed by atoms with Crippen molar-refractivity contribution in [1.29, 1.82) is 0 Å². The van der Waals surface area contributed by atoms with Crippen LogP contribution in [0.5, 0.6) is 0 Å². The molecule has 2 heterocycles. The Morgan fingerprint density at radius 1 is 0.780 bits per heavy atom. The molecule has 1 saturated heterocycles. The number of halogens is 1. The predicted molar refractivity (Wildman–Crippen MR) is 164 cm³/mol. The third-order valence-corrected chi connectivity index (χ3v) is 7.72. The highest BCUT2D eigenvalue weighted by molar-refractivity contribution is 6.33. The maximum Gasteiger partial charge on any atom is 0.255 e. The van der Waals surface area contributed by atoms with Crippen LogP contribution < -0.4 is 4.90 Å². The fourth-order valence-corrected chi connectivity index (χ4v) is 5.18. The summed E-state index contributed by atoms with van der Waals surface area (Å²) in [6.07, 6.45) is 1.75. The van der Waals surface area contributed by atoms with Crippen LogP contribution in [0.4, 0.5) is 5.82 Å². The number of hydrogen-bond acceptors (Lipinski definition) is 5. The second kappa shape index (κ2) is 13.4. The first kappa shape index (κ1) is 28.3. The molecule has 0 unspecified atom stereocenters. The number of carbonyl (C=O) groups is 2. The maximum atomic E-state index is 13.2. The zero-order chi connectivity index (χ0) is 28.6. The van der Waals surface area contributed by atoms with E-state index in [1.165, 1.54) is 5.56 Å². The van der Waals surface area contributed by atoms with Crippen molar-refractivity contribution in [3.8, 4) is 22.4 Å². The zero-order valence-corrected chi connectivity index (χ0v) is 24.0. The summed E-state index contributed by atoms with van der Waals surface area (Å²) in [5.41, 5.74) is 4.60. The van der Waals surface area contributed by atoms with Gasteiger partial charge in [-0.25, -0.2) is 0 Å². The molecule has 1 aliphatic heterocycles. The number of amides is 2. The Hall–Kier alpha value is -4.23. The lowest BCUT2D eigenvalue weighted by Gasteiger charge is -2.36. The van der Waals surface area contributed by atoms with E-state index in [4.69, 9.17) is 11.6 Å². The fraction of sp³-hybridized carbons (Fsp3) is 0.273. The Balaban J connectivity index is 1.17. The smallest absolute Gasteiger partial charge is 0.255 e. The van der Waals surface area contributed by atoms with Crippen LogP contribution in [-0.4, -0.2) is 71.1 Å². The molecule has 7 nitrogen and oxygen atoms in total. The number of rotatable bonds is 9. The first-order valence-electron chi connectivity index (χ1n) is 14.1. The van der Waals surface area contributed by atoms with Crippen LogP contribution in [0.25, 0.3) is 22.4 Å². The summed E-state index contributed by atoms with van der Waals surface area (Å²) in [6.45, 7) is 5.05. The molecule has 0 atom stereocenters. The number of carbonyl (C=O) groups excluding carboxylic acids is 2. The van der Waals surface area contributed by atoms with E-state index in [1.54, 1.807) is 29.2 Å².